The maximum Gasteiger partial charge on any atom is 0.137 e. The van der Waals surface area contributed by atoms with Crippen molar-refractivity contribution in [3.05, 3.63) is 23.7 Å². The van der Waals surface area contributed by atoms with Crippen LogP contribution >= 0.6 is 15.9 Å². The standard InChI is InChI=1S/C5H6BrF/c1-2-5(7)3-4-6/h2-5H,1H2. The van der Waals surface area contributed by atoms with Crippen LogP contribution in [0, 0.1) is 0 Å². The summed E-state index contributed by atoms with van der Waals surface area (Å²) in [5, 5.41) is 0. The molecule has 0 spiro atoms. The molecule has 2 heteroatoms. The Morgan fingerprint density at radius 1 is 1.71 bits per heavy atom. The van der Waals surface area contributed by atoms with Gasteiger partial charge in [0.25, 0.3) is 0 Å². The highest BCUT2D eigenvalue weighted by Crippen LogP contribution is 1.94. The van der Waals surface area contributed by atoms with Crippen LogP contribution in [-0.4, -0.2) is 6.17 Å². The molecule has 40 valence electrons. The third kappa shape index (κ3) is 3.73. The van der Waals surface area contributed by atoms with Crippen LogP contribution in [0.4, 0.5) is 4.39 Å². The minimum atomic E-state index is -1.01. The van der Waals surface area contributed by atoms with Gasteiger partial charge in [0.15, 0.2) is 0 Å². The normalized spacial score (nSPS) is 14.6. The lowest BCUT2D eigenvalue weighted by atomic mass is 10.4. The SMILES string of the molecule is C=CC(F)C=CBr. The third-order valence-corrected chi connectivity index (χ3v) is 0.787. The van der Waals surface area contributed by atoms with Crippen LogP contribution in [0.2, 0.25) is 0 Å². The molecule has 0 aromatic carbocycles. The molecule has 0 amide bonds. The van der Waals surface area contributed by atoms with Crippen LogP contribution in [0.1, 0.15) is 0 Å². The Morgan fingerprint density at radius 3 is 2.43 bits per heavy atom. The molecule has 0 aliphatic carbocycles. The molecule has 0 aromatic rings. The Bertz CT molecular complexity index is 78.1. The highest BCUT2D eigenvalue weighted by Gasteiger charge is 1.87. The van der Waals surface area contributed by atoms with Gasteiger partial charge in [-0.2, -0.15) is 0 Å². The molecule has 0 fully saturated rings. The molecule has 0 heterocycles. The first-order valence-corrected chi connectivity index (χ1v) is 2.76. The molecular weight excluding hydrogens is 159 g/mol. The third-order valence-electron chi connectivity index (χ3n) is 0.482. The molecular formula is C5H6BrF. The molecule has 0 saturated heterocycles. The van der Waals surface area contributed by atoms with Gasteiger partial charge >= 0.3 is 0 Å². The van der Waals surface area contributed by atoms with Gasteiger partial charge in [-0.3, -0.25) is 0 Å². The average Bonchev–Trinajstić information content (AvgIpc) is 1.68. The van der Waals surface area contributed by atoms with Crippen LogP contribution in [0.15, 0.2) is 23.7 Å². The van der Waals surface area contributed by atoms with Gasteiger partial charge in [-0.1, -0.05) is 28.6 Å². The summed E-state index contributed by atoms with van der Waals surface area (Å²) in [4.78, 5) is 1.47. The Labute approximate surface area is 50.9 Å². The van der Waals surface area contributed by atoms with Gasteiger partial charge in [-0.15, -0.1) is 0 Å². The van der Waals surface area contributed by atoms with E-state index in [1.807, 2.05) is 0 Å². The number of halogens is 2. The number of hydrogen-bond donors (Lipinski definition) is 0. The lowest BCUT2D eigenvalue weighted by Gasteiger charge is -1.85. The van der Waals surface area contributed by atoms with Crippen molar-refractivity contribution in [3.8, 4) is 0 Å². The van der Waals surface area contributed by atoms with Gasteiger partial charge < -0.3 is 0 Å². The van der Waals surface area contributed by atoms with Crippen LogP contribution in [0.3, 0.4) is 0 Å². The predicted octanol–water partition coefficient (Wildman–Crippen LogP) is 2.42. The molecule has 0 N–H and O–H groups in total. The van der Waals surface area contributed by atoms with E-state index in [1.165, 1.54) is 17.1 Å². The summed E-state index contributed by atoms with van der Waals surface area (Å²) in [7, 11) is 0. The van der Waals surface area contributed by atoms with E-state index < -0.39 is 6.17 Å². The minimum absolute atomic E-state index is 1.01. The maximum absolute atomic E-state index is 11.9. The van der Waals surface area contributed by atoms with Crippen LogP contribution in [-0.2, 0) is 0 Å². The van der Waals surface area contributed by atoms with E-state index in [0.29, 0.717) is 0 Å². The molecule has 0 nitrogen and oxygen atoms in total. The molecule has 0 bridgehead atoms. The maximum atomic E-state index is 11.9. The quantitative estimate of drug-likeness (QED) is 0.551. The number of alkyl halides is 1. The summed E-state index contributed by atoms with van der Waals surface area (Å²) in [6.45, 7) is 3.23. The summed E-state index contributed by atoms with van der Waals surface area (Å²) in [5.41, 5.74) is 0. The van der Waals surface area contributed by atoms with E-state index in [9.17, 15) is 4.39 Å². The first kappa shape index (κ1) is 6.89. The van der Waals surface area contributed by atoms with Crippen molar-refractivity contribution >= 4 is 15.9 Å². The van der Waals surface area contributed by atoms with Crippen molar-refractivity contribution in [2.75, 3.05) is 0 Å². The van der Waals surface area contributed by atoms with Gasteiger partial charge in [-0.05, 0) is 11.1 Å². The molecule has 0 aliphatic heterocycles. The van der Waals surface area contributed by atoms with E-state index in [-0.39, 0.29) is 0 Å². The Morgan fingerprint density at radius 2 is 2.29 bits per heavy atom. The molecule has 0 aromatic heterocycles. The minimum Gasteiger partial charge on any atom is -0.238 e. The van der Waals surface area contributed by atoms with Crippen molar-refractivity contribution in [1.29, 1.82) is 0 Å². The molecule has 0 aliphatic rings. The fraction of sp³-hybridized carbons (Fsp3) is 0.200. The van der Waals surface area contributed by atoms with Gasteiger partial charge in [0.1, 0.15) is 6.17 Å². The molecule has 1 unspecified atom stereocenters. The Balaban J connectivity index is 3.35. The predicted molar refractivity (Wildman–Crippen MR) is 33.2 cm³/mol. The van der Waals surface area contributed by atoms with E-state index in [4.69, 9.17) is 0 Å². The largest absolute Gasteiger partial charge is 0.238 e. The second-order valence-electron chi connectivity index (χ2n) is 0.999. The molecule has 0 radical (unpaired) electrons. The monoisotopic (exact) mass is 164 g/mol. The fourth-order valence-electron chi connectivity index (χ4n) is 0.148. The van der Waals surface area contributed by atoms with E-state index in [0.717, 1.165) is 0 Å². The Kier molecular flexibility index (Phi) is 4.00. The topological polar surface area (TPSA) is 0 Å². The van der Waals surface area contributed by atoms with E-state index in [1.54, 1.807) is 0 Å². The van der Waals surface area contributed by atoms with Gasteiger partial charge in [0.05, 0.1) is 0 Å². The molecule has 7 heavy (non-hydrogen) atoms. The highest BCUT2D eigenvalue weighted by atomic mass is 79.9. The zero-order valence-electron chi connectivity index (χ0n) is 3.77. The van der Waals surface area contributed by atoms with E-state index >= 15 is 0 Å². The average molecular weight is 165 g/mol. The second kappa shape index (κ2) is 4.06. The molecule has 0 rings (SSSR count). The zero-order valence-corrected chi connectivity index (χ0v) is 5.36. The van der Waals surface area contributed by atoms with Crippen molar-refractivity contribution in [1.82, 2.24) is 0 Å². The number of rotatable bonds is 2. The fourth-order valence-corrected chi connectivity index (χ4v) is 0.440. The van der Waals surface area contributed by atoms with Gasteiger partial charge in [0.2, 0.25) is 0 Å². The van der Waals surface area contributed by atoms with Gasteiger partial charge in [0, 0.05) is 0 Å². The lowest BCUT2D eigenvalue weighted by Crippen LogP contribution is -1.83. The van der Waals surface area contributed by atoms with Crippen molar-refractivity contribution in [2.45, 2.75) is 6.17 Å². The molecule has 0 saturated carbocycles. The Hall–Kier alpha value is -0.110. The van der Waals surface area contributed by atoms with Crippen LogP contribution < -0.4 is 0 Å². The van der Waals surface area contributed by atoms with Crippen molar-refractivity contribution in [3.63, 3.8) is 0 Å². The first-order chi connectivity index (χ1) is 3.31. The lowest BCUT2D eigenvalue weighted by molar-refractivity contribution is 0.470. The van der Waals surface area contributed by atoms with Crippen LogP contribution in [0.5, 0.6) is 0 Å². The van der Waals surface area contributed by atoms with Crippen molar-refractivity contribution < 1.29 is 4.39 Å². The first-order valence-electron chi connectivity index (χ1n) is 1.84. The van der Waals surface area contributed by atoms with E-state index in [2.05, 4.69) is 22.5 Å². The summed E-state index contributed by atoms with van der Waals surface area (Å²) in [6.07, 6.45) is 1.56. The molecule has 1 atom stereocenters. The summed E-state index contributed by atoms with van der Waals surface area (Å²) in [6, 6.07) is 0. The number of allylic oxidation sites excluding steroid dienone is 2. The summed E-state index contributed by atoms with van der Waals surface area (Å²) < 4.78 is 11.9. The van der Waals surface area contributed by atoms with Gasteiger partial charge in [-0.25, -0.2) is 4.39 Å². The van der Waals surface area contributed by atoms with Crippen LogP contribution in [0.25, 0.3) is 0 Å². The van der Waals surface area contributed by atoms with Crippen molar-refractivity contribution in [2.24, 2.45) is 0 Å². The number of hydrogen-bond acceptors (Lipinski definition) is 0. The zero-order chi connectivity index (χ0) is 5.70. The smallest absolute Gasteiger partial charge is 0.137 e. The highest BCUT2D eigenvalue weighted by molar-refractivity contribution is 9.11. The summed E-state index contributed by atoms with van der Waals surface area (Å²) >= 11 is 2.92. The second-order valence-corrected chi connectivity index (χ2v) is 1.53. The summed E-state index contributed by atoms with van der Waals surface area (Å²) in [5.74, 6) is 0.